The third-order valence-corrected chi connectivity index (χ3v) is 1.79. The average molecular weight is 150 g/mol. The van der Waals surface area contributed by atoms with E-state index in [1.165, 1.54) is 5.56 Å². The van der Waals surface area contributed by atoms with Crippen LogP contribution in [0.4, 0.5) is 0 Å². The Morgan fingerprint density at radius 3 is 3.09 bits per heavy atom. The van der Waals surface area contributed by atoms with Crippen molar-refractivity contribution in [2.75, 3.05) is 13.4 Å². The van der Waals surface area contributed by atoms with Crippen LogP contribution in [0.15, 0.2) is 24.3 Å². The van der Waals surface area contributed by atoms with Gasteiger partial charge in [-0.1, -0.05) is 18.2 Å². The van der Waals surface area contributed by atoms with E-state index in [0.29, 0.717) is 6.79 Å². The molecule has 0 aromatic heterocycles. The van der Waals surface area contributed by atoms with E-state index >= 15 is 0 Å². The molecular formula is C9H10O2. The summed E-state index contributed by atoms with van der Waals surface area (Å²) in [5.74, 6) is 0.963. The molecule has 0 atom stereocenters. The molecule has 2 rings (SSSR count). The lowest BCUT2D eigenvalue weighted by Gasteiger charge is -2.03. The molecular weight excluding hydrogens is 140 g/mol. The van der Waals surface area contributed by atoms with Gasteiger partial charge in [-0.05, 0) is 18.1 Å². The maximum atomic E-state index is 5.33. The Hall–Kier alpha value is -1.02. The molecule has 1 aromatic rings. The van der Waals surface area contributed by atoms with Gasteiger partial charge < -0.3 is 9.47 Å². The zero-order chi connectivity index (χ0) is 7.52. The molecule has 0 aliphatic carbocycles. The molecule has 11 heavy (non-hydrogen) atoms. The topological polar surface area (TPSA) is 18.5 Å². The van der Waals surface area contributed by atoms with E-state index in [1.807, 2.05) is 18.2 Å². The highest BCUT2D eigenvalue weighted by atomic mass is 16.7. The fraction of sp³-hybridized carbons (Fsp3) is 0.333. The number of hydrogen-bond acceptors (Lipinski definition) is 2. The van der Waals surface area contributed by atoms with Crippen molar-refractivity contribution in [3.05, 3.63) is 29.8 Å². The minimum atomic E-state index is 0.386. The van der Waals surface area contributed by atoms with E-state index in [1.54, 1.807) is 0 Å². The Kier molecular flexibility index (Phi) is 1.78. The van der Waals surface area contributed by atoms with Gasteiger partial charge in [0.15, 0.2) is 6.79 Å². The Morgan fingerprint density at radius 2 is 2.09 bits per heavy atom. The summed E-state index contributed by atoms with van der Waals surface area (Å²) in [5, 5.41) is 0. The molecule has 0 N–H and O–H groups in total. The number of ether oxygens (including phenoxy) is 2. The molecule has 1 aliphatic heterocycles. The fourth-order valence-corrected chi connectivity index (χ4v) is 1.20. The van der Waals surface area contributed by atoms with Gasteiger partial charge in [0.05, 0.1) is 6.61 Å². The predicted molar refractivity (Wildman–Crippen MR) is 41.6 cm³/mol. The summed E-state index contributed by atoms with van der Waals surface area (Å²) in [4.78, 5) is 0. The molecule has 58 valence electrons. The fourth-order valence-electron chi connectivity index (χ4n) is 1.20. The van der Waals surface area contributed by atoms with Crippen LogP contribution >= 0.6 is 0 Å². The quantitative estimate of drug-likeness (QED) is 0.559. The highest BCUT2D eigenvalue weighted by molar-refractivity contribution is 5.33. The Bertz CT molecular complexity index is 220. The molecule has 2 heteroatoms. The molecule has 0 fully saturated rings. The van der Waals surface area contributed by atoms with Crippen LogP contribution in [-0.4, -0.2) is 13.4 Å². The third-order valence-electron chi connectivity index (χ3n) is 1.79. The molecule has 1 heterocycles. The van der Waals surface area contributed by atoms with Gasteiger partial charge in [0.25, 0.3) is 0 Å². The van der Waals surface area contributed by atoms with Crippen LogP contribution in [0.25, 0.3) is 0 Å². The van der Waals surface area contributed by atoms with Crippen LogP contribution in [0.3, 0.4) is 0 Å². The van der Waals surface area contributed by atoms with E-state index in [9.17, 15) is 0 Å². The molecule has 0 bridgehead atoms. The standard InChI is InChI=1S/C9H10O2/c1-2-4-9-8(3-1)5-6-10-7-11-9/h1-4H,5-7H2. The van der Waals surface area contributed by atoms with Gasteiger partial charge in [0, 0.05) is 0 Å². The van der Waals surface area contributed by atoms with Crippen molar-refractivity contribution < 1.29 is 9.47 Å². The normalized spacial score (nSPS) is 16.4. The zero-order valence-corrected chi connectivity index (χ0v) is 6.25. The highest BCUT2D eigenvalue weighted by Gasteiger charge is 2.05. The summed E-state index contributed by atoms with van der Waals surface area (Å²) in [6, 6.07) is 8.05. The minimum absolute atomic E-state index is 0.386. The Labute approximate surface area is 65.7 Å². The molecule has 1 aromatic carbocycles. The van der Waals surface area contributed by atoms with Gasteiger partial charge in [0.2, 0.25) is 0 Å². The van der Waals surface area contributed by atoms with Crippen LogP contribution in [0.1, 0.15) is 5.56 Å². The van der Waals surface area contributed by atoms with Crippen molar-refractivity contribution in [2.45, 2.75) is 6.42 Å². The first-order valence-corrected chi connectivity index (χ1v) is 3.75. The predicted octanol–water partition coefficient (Wildman–Crippen LogP) is 1.60. The second kappa shape index (κ2) is 2.93. The van der Waals surface area contributed by atoms with Gasteiger partial charge in [0.1, 0.15) is 5.75 Å². The highest BCUT2D eigenvalue weighted by Crippen LogP contribution is 2.20. The first kappa shape index (κ1) is 6.68. The van der Waals surface area contributed by atoms with Crippen molar-refractivity contribution in [1.82, 2.24) is 0 Å². The van der Waals surface area contributed by atoms with E-state index in [-0.39, 0.29) is 0 Å². The van der Waals surface area contributed by atoms with E-state index in [2.05, 4.69) is 6.07 Å². The van der Waals surface area contributed by atoms with Gasteiger partial charge in [-0.3, -0.25) is 0 Å². The summed E-state index contributed by atoms with van der Waals surface area (Å²) in [7, 11) is 0. The van der Waals surface area contributed by atoms with Crippen molar-refractivity contribution in [3.8, 4) is 5.75 Å². The van der Waals surface area contributed by atoms with Crippen molar-refractivity contribution in [3.63, 3.8) is 0 Å². The average Bonchev–Trinajstić information content (AvgIpc) is 2.28. The van der Waals surface area contributed by atoms with Crippen LogP contribution < -0.4 is 4.74 Å². The summed E-state index contributed by atoms with van der Waals surface area (Å²) >= 11 is 0. The lowest BCUT2D eigenvalue weighted by atomic mass is 10.1. The first-order chi connectivity index (χ1) is 5.47. The summed E-state index contributed by atoms with van der Waals surface area (Å²) in [6.45, 7) is 1.15. The maximum absolute atomic E-state index is 5.33. The SMILES string of the molecule is c1ccc2c(c1)CCOCO2. The van der Waals surface area contributed by atoms with Crippen molar-refractivity contribution in [1.29, 1.82) is 0 Å². The molecule has 2 nitrogen and oxygen atoms in total. The van der Waals surface area contributed by atoms with Gasteiger partial charge in [-0.2, -0.15) is 0 Å². The van der Waals surface area contributed by atoms with E-state index < -0.39 is 0 Å². The molecule has 1 aliphatic rings. The van der Waals surface area contributed by atoms with Gasteiger partial charge >= 0.3 is 0 Å². The largest absolute Gasteiger partial charge is 0.467 e. The molecule has 0 saturated carbocycles. The minimum Gasteiger partial charge on any atom is -0.467 e. The maximum Gasteiger partial charge on any atom is 0.189 e. The summed E-state index contributed by atoms with van der Waals surface area (Å²) in [5.41, 5.74) is 1.24. The molecule has 0 spiro atoms. The Morgan fingerprint density at radius 1 is 1.18 bits per heavy atom. The van der Waals surface area contributed by atoms with E-state index in [0.717, 1.165) is 18.8 Å². The second-order valence-corrected chi connectivity index (χ2v) is 2.53. The Balaban J connectivity index is 2.33. The van der Waals surface area contributed by atoms with Crippen LogP contribution in [-0.2, 0) is 11.2 Å². The lowest BCUT2D eigenvalue weighted by Crippen LogP contribution is -1.99. The molecule has 0 radical (unpaired) electrons. The third kappa shape index (κ3) is 1.35. The lowest BCUT2D eigenvalue weighted by molar-refractivity contribution is 0.0263. The van der Waals surface area contributed by atoms with E-state index in [4.69, 9.17) is 9.47 Å². The molecule has 0 amide bonds. The number of rotatable bonds is 0. The number of benzene rings is 1. The zero-order valence-electron chi connectivity index (χ0n) is 6.25. The summed E-state index contributed by atoms with van der Waals surface area (Å²) < 4.78 is 10.5. The van der Waals surface area contributed by atoms with Crippen molar-refractivity contribution >= 4 is 0 Å². The van der Waals surface area contributed by atoms with Crippen LogP contribution in [0.2, 0.25) is 0 Å². The smallest absolute Gasteiger partial charge is 0.189 e. The second-order valence-electron chi connectivity index (χ2n) is 2.53. The van der Waals surface area contributed by atoms with Crippen LogP contribution in [0.5, 0.6) is 5.75 Å². The molecule has 0 unspecified atom stereocenters. The monoisotopic (exact) mass is 150 g/mol. The number of fused-ring (bicyclic) bond motifs is 1. The van der Waals surface area contributed by atoms with Crippen molar-refractivity contribution in [2.24, 2.45) is 0 Å². The summed E-state index contributed by atoms with van der Waals surface area (Å²) in [6.07, 6.45) is 0.955. The van der Waals surface area contributed by atoms with Gasteiger partial charge in [-0.25, -0.2) is 0 Å². The molecule has 0 saturated heterocycles. The van der Waals surface area contributed by atoms with Gasteiger partial charge in [-0.15, -0.1) is 0 Å². The number of para-hydroxylation sites is 1. The first-order valence-electron chi connectivity index (χ1n) is 3.75. The van der Waals surface area contributed by atoms with Crippen LogP contribution in [0, 0.1) is 0 Å². The number of hydrogen-bond donors (Lipinski definition) is 0.